The number of amides is 1. The number of carbonyl (C=O) groups is 1. The number of rotatable bonds is 6. The van der Waals surface area contributed by atoms with E-state index in [9.17, 15) is 4.79 Å². The van der Waals surface area contributed by atoms with Crippen LogP contribution in [0, 0.1) is 0 Å². The van der Waals surface area contributed by atoms with Crippen LogP contribution in [0.2, 0.25) is 5.02 Å². The molecule has 98 valence electrons. The fourth-order valence-corrected chi connectivity index (χ4v) is 1.79. The lowest BCUT2D eigenvalue weighted by atomic mass is 10.2. The van der Waals surface area contributed by atoms with E-state index in [4.69, 9.17) is 16.3 Å². The SMILES string of the molecule is CNC(=O)COc1ccc(CNC2CC2)cc1Cl. The van der Waals surface area contributed by atoms with E-state index in [1.165, 1.54) is 12.8 Å². The third-order valence-electron chi connectivity index (χ3n) is 2.81. The first-order valence-corrected chi connectivity index (χ1v) is 6.42. The number of benzene rings is 1. The molecule has 0 bridgehead atoms. The lowest BCUT2D eigenvalue weighted by molar-refractivity contribution is -0.122. The van der Waals surface area contributed by atoms with E-state index in [0.717, 1.165) is 12.1 Å². The summed E-state index contributed by atoms with van der Waals surface area (Å²) in [6.45, 7) is 0.802. The number of likely N-dealkylation sites (N-methyl/N-ethyl adjacent to an activating group) is 1. The second kappa shape index (κ2) is 6.07. The first-order chi connectivity index (χ1) is 8.69. The van der Waals surface area contributed by atoms with Crippen molar-refractivity contribution in [2.75, 3.05) is 13.7 Å². The average molecular weight is 269 g/mol. The van der Waals surface area contributed by atoms with Crippen LogP contribution >= 0.6 is 11.6 Å². The van der Waals surface area contributed by atoms with Gasteiger partial charge in [0, 0.05) is 19.6 Å². The van der Waals surface area contributed by atoms with Gasteiger partial charge < -0.3 is 15.4 Å². The van der Waals surface area contributed by atoms with Gasteiger partial charge in [0.1, 0.15) is 5.75 Å². The molecule has 4 nitrogen and oxygen atoms in total. The maximum absolute atomic E-state index is 11.1. The molecule has 0 saturated heterocycles. The predicted molar refractivity (Wildman–Crippen MR) is 70.9 cm³/mol. The summed E-state index contributed by atoms with van der Waals surface area (Å²) in [4.78, 5) is 11.1. The molecule has 1 aliphatic carbocycles. The molecule has 1 fully saturated rings. The molecule has 0 spiro atoms. The Labute approximate surface area is 112 Å². The second-order valence-corrected chi connectivity index (χ2v) is 4.79. The third kappa shape index (κ3) is 3.89. The Morgan fingerprint density at radius 2 is 2.28 bits per heavy atom. The highest BCUT2D eigenvalue weighted by atomic mass is 35.5. The zero-order valence-electron chi connectivity index (χ0n) is 10.3. The summed E-state index contributed by atoms with van der Waals surface area (Å²) in [6.07, 6.45) is 2.53. The molecule has 2 N–H and O–H groups in total. The Balaban J connectivity index is 1.89. The fraction of sp³-hybridized carbons (Fsp3) is 0.462. The van der Waals surface area contributed by atoms with E-state index in [1.54, 1.807) is 13.1 Å². The van der Waals surface area contributed by atoms with Crippen molar-refractivity contribution in [1.82, 2.24) is 10.6 Å². The molecular formula is C13H17ClN2O2. The molecular weight excluding hydrogens is 252 g/mol. The normalized spacial score (nSPS) is 14.3. The summed E-state index contributed by atoms with van der Waals surface area (Å²) in [6, 6.07) is 6.30. The molecule has 1 aromatic carbocycles. The van der Waals surface area contributed by atoms with E-state index >= 15 is 0 Å². The van der Waals surface area contributed by atoms with Gasteiger partial charge in [-0.15, -0.1) is 0 Å². The Morgan fingerprint density at radius 1 is 1.50 bits per heavy atom. The standard InChI is InChI=1S/C13H17ClN2O2/c1-15-13(17)8-18-12-5-2-9(6-11(12)14)7-16-10-3-4-10/h2,5-6,10,16H,3-4,7-8H2,1H3,(H,15,17). The summed E-state index contributed by atoms with van der Waals surface area (Å²) in [5.41, 5.74) is 1.12. The van der Waals surface area contributed by atoms with E-state index in [-0.39, 0.29) is 12.5 Å². The molecule has 0 aliphatic heterocycles. The Kier molecular flexibility index (Phi) is 4.44. The van der Waals surface area contributed by atoms with Crippen LogP contribution in [0.4, 0.5) is 0 Å². The molecule has 2 rings (SSSR count). The molecule has 1 saturated carbocycles. The van der Waals surface area contributed by atoms with Crippen LogP contribution < -0.4 is 15.4 Å². The average Bonchev–Trinajstić information content (AvgIpc) is 3.18. The van der Waals surface area contributed by atoms with E-state index in [1.807, 2.05) is 12.1 Å². The largest absolute Gasteiger partial charge is 0.482 e. The monoisotopic (exact) mass is 268 g/mol. The number of hydrogen-bond donors (Lipinski definition) is 2. The number of ether oxygens (including phenoxy) is 1. The van der Waals surface area contributed by atoms with Crippen LogP contribution in [0.25, 0.3) is 0 Å². The second-order valence-electron chi connectivity index (χ2n) is 4.38. The van der Waals surface area contributed by atoms with Crippen LogP contribution in [0.15, 0.2) is 18.2 Å². The van der Waals surface area contributed by atoms with Gasteiger partial charge in [-0.25, -0.2) is 0 Å². The lowest BCUT2D eigenvalue weighted by Gasteiger charge is -2.09. The maximum atomic E-state index is 11.1. The van der Waals surface area contributed by atoms with Gasteiger partial charge in [-0.05, 0) is 30.5 Å². The summed E-state index contributed by atoms with van der Waals surface area (Å²) in [5.74, 6) is 0.362. The molecule has 18 heavy (non-hydrogen) atoms. The van der Waals surface area contributed by atoms with E-state index in [0.29, 0.717) is 16.8 Å². The van der Waals surface area contributed by atoms with Crippen molar-refractivity contribution in [3.05, 3.63) is 28.8 Å². The first-order valence-electron chi connectivity index (χ1n) is 6.04. The van der Waals surface area contributed by atoms with Crippen LogP contribution in [0.1, 0.15) is 18.4 Å². The van der Waals surface area contributed by atoms with Gasteiger partial charge in [0.2, 0.25) is 0 Å². The van der Waals surface area contributed by atoms with Gasteiger partial charge in [0.05, 0.1) is 5.02 Å². The van der Waals surface area contributed by atoms with Crippen molar-refractivity contribution in [1.29, 1.82) is 0 Å². The van der Waals surface area contributed by atoms with Gasteiger partial charge >= 0.3 is 0 Å². The molecule has 1 amide bonds. The third-order valence-corrected chi connectivity index (χ3v) is 3.10. The highest BCUT2D eigenvalue weighted by Crippen LogP contribution is 2.26. The van der Waals surface area contributed by atoms with Crippen LogP contribution in [0.3, 0.4) is 0 Å². The Bertz CT molecular complexity index is 433. The number of halogens is 1. The van der Waals surface area contributed by atoms with Crippen molar-refractivity contribution < 1.29 is 9.53 Å². The molecule has 0 aromatic heterocycles. The van der Waals surface area contributed by atoms with Crippen molar-refractivity contribution in [3.63, 3.8) is 0 Å². The van der Waals surface area contributed by atoms with Gasteiger partial charge in [-0.1, -0.05) is 17.7 Å². The zero-order valence-corrected chi connectivity index (χ0v) is 11.1. The highest BCUT2D eigenvalue weighted by Gasteiger charge is 2.20. The molecule has 0 atom stereocenters. The smallest absolute Gasteiger partial charge is 0.257 e. The predicted octanol–water partition coefficient (Wildman–Crippen LogP) is 1.72. The summed E-state index contributed by atoms with van der Waals surface area (Å²) in [7, 11) is 1.57. The minimum absolute atomic E-state index is 0.0180. The number of nitrogens with one attached hydrogen (secondary N) is 2. The number of hydrogen-bond acceptors (Lipinski definition) is 3. The quantitative estimate of drug-likeness (QED) is 0.826. The van der Waals surface area contributed by atoms with E-state index < -0.39 is 0 Å². The minimum atomic E-state index is -0.175. The lowest BCUT2D eigenvalue weighted by Crippen LogP contribution is -2.24. The maximum Gasteiger partial charge on any atom is 0.257 e. The van der Waals surface area contributed by atoms with Gasteiger partial charge in [-0.2, -0.15) is 0 Å². The summed E-state index contributed by atoms with van der Waals surface area (Å²) >= 11 is 6.10. The highest BCUT2D eigenvalue weighted by molar-refractivity contribution is 6.32. The molecule has 5 heteroatoms. The summed E-state index contributed by atoms with van der Waals surface area (Å²) in [5, 5.41) is 6.44. The summed E-state index contributed by atoms with van der Waals surface area (Å²) < 4.78 is 5.32. The molecule has 0 radical (unpaired) electrons. The number of carbonyl (C=O) groups excluding carboxylic acids is 1. The first kappa shape index (κ1) is 13.2. The van der Waals surface area contributed by atoms with Crippen LogP contribution in [0.5, 0.6) is 5.75 Å². The van der Waals surface area contributed by atoms with Gasteiger partial charge in [0.15, 0.2) is 6.61 Å². The Hall–Kier alpha value is -1.26. The van der Waals surface area contributed by atoms with Crippen LogP contribution in [-0.2, 0) is 11.3 Å². The van der Waals surface area contributed by atoms with Crippen LogP contribution in [-0.4, -0.2) is 25.6 Å². The van der Waals surface area contributed by atoms with Crippen molar-refractivity contribution in [3.8, 4) is 5.75 Å². The molecule has 1 aliphatic rings. The van der Waals surface area contributed by atoms with Crippen molar-refractivity contribution >= 4 is 17.5 Å². The zero-order chi connectivity index (χ0) is 13.0. The van der Waals surface area contributed by atoms with E-state index in [2.05, 4.69) is 10.6 Å². The molecule has 1 aromatic rings. The van der Waals surface area contributed by atoms with Crippen molar-refractivity contribution in [2.24, 2.45) is 0 Å². The minimum Gasteiger partial charge on any atom is -0.482 e. The van der Waals surface area contributed by atoms with Gasteiger partial charge in [0.25, 0.3) is 5.91 Å². The fourth-order valence-electron chi connectivity index (χ4n) is 1.54. The molecule has 0 heterocycles. The molecule has 0 unspecified atom stereocenters. The van der Waals surface area contributed by atoms with Gasteiger partial charge in [-0.3, -0.25) is 4.79 Å². The van der Waals surface area contributed by atoms with Crippen molar-refractivity contribution in [2.45, 2.75) is 25.4 Å². The topological polar surface area (TPSA) is 50.4 Å². The Morgan fingerprint density at radius 3 is 2.89 bits per heavy atom.